The van der Waals surface area contributed by atoms with Crippen LogP contribution in [-0.2, 0) is 11.2 Å². The SMILES string of the molecule is Cc1[nH]c2ccccc2c1CCNC(=O)C1CCCN1.Cl. The van der Waals surface area contributed by atoms with Crippen molar-refractivity contribution < 1.29 is 4.79 Å². The second-order valence-corrected chi connectivity index (χ2v) is 5.46. The summed E-state index contributed by atoms with van der Waals surface area (Å²) in [6, 6.07) is 8.33. The Balaban J connectivity index is 0.00000161. The highest BCUT2D eigenvalue weighted by Crippen LogP contribution is 2.21. The predicted molar refractivity (Wildman–Crippen MR) is 88.0 cm³/mol. The predicted octanol–water partition coefficient (Wildman–Crippen LogP) is 2.31. The first-order valence-electron chi connectivity index (χ1n) is 7.33. The number of hydrogen-bond donors (Lipinski definition) is 3. The van der Waals surface area contributed by atoms with Crippen LogP contribution in [0.15, 0.2) is 24.3 Å². The smallest absolute Gasteiger partial charge is 0.237 e. The number of aryl methyl sites for hydroxylation is 1. The number of amides is 1. The van der Waals surface area contributed by atoms with E-state index in [0.717, 1.165) is 25.8 Å². The Morgan fingerprint density at radius 3 is 2.95 bits per heavy atom. The molecule has 1 atom stereocenters. The van der Waals surface area contributed by atoms with E-state index in [0.29, 0.717) is 6.54 Å². The lowest BCUT2D eigenvalue weighted by Crippen LogP contribution is -2.41. The second-order valence-electron chi connectivity index (χ2n) is 5.46. The zero-order valence-electron chi connectivity index (χ0n) is 12.2. The molecule has 3 N–H and O–H groups in total. The average Bonchev–Trinajstić information content (AvgIpc) is 3.07. The van der Waals surface area contributed by atoms with Crippen LogP contribution in [0.2, 0.25) is 0 Å². The van der Waals surface area contributed by atoms with Gasteiger partial charge in [0.1, 0.15) is 0 Å². The molecule has 1 aromatic heterocycles. The summed E-state index contributed by atoms with van der Waals surface area (Å²) in [6.07, 6.45) is 2.92. The molecule has 0 radical (unpaired) electrons. The topological polar surface area (TPSA) is 56.9 Å². The van der Waals surface area contributed by atoms with Gasteiger partial charge in [-0.25, -0.2) is 0 Å². The standard InChI is InChI=1S/C16H21N3O.ClH/c1-11-12(13-5-2-3-6-14(13)19-11)8-10-18-16(20)15-7-4-9-17-15;/h2-3,5-6,15,17,19H,4,7-10H2,1H3,(H,18,20);1H. The molecule has 0 saturated carbocycles. The van der Waals surface area contributed by atoms with Crippen molar-refractivity contribution in [2.45, 2.75) is 32.2 Å². The van der Waals surface area contributed by atoms with Crippen LogP contribution < -0.4 is 10.6 Å². The third-order valence-corrected chi connectivity index (χ3v) is 4.08. The normalized spacial score (nSPS) is 17.7. The molecule has 1 amide bonds. The summed E-state index contributed by atoms with van der Waals surface area (Å²) < 4.78 is 0. The van der Waals surface area contributed by atoms with Gasteiger partial charge >= 0.3 is 0 Å². The minimum atomic E-state index is 0. The van der Waals surface area contributed by atoms with Crippen molar-refractivity contribution in [2.24, 2.45) is 0 Å². The zero-order valence-corrected chi connectivity index (χ0v) is 13.1. The first kappa shape index (κ1) is 15.9. The van der Waals surface area contributed by atoms with Gasteiger partial charge in [0.15, 0.2) is 0 Å². The van der Waals surface area contributed by atoms with E-state index in [4.69, 9.17) is 0 Å². The summed E-state index contributed by atoms with van der Waals surface area (Å²) in [5.74, 6) is 0.139. The van der Waals surface area contributed by atoms with E-state index in [1.54, 1.807) is 0 Å². The van der Waals surface area contributed by atoms with Crippen molar-refractivity contribution in [3.63, 3.8) is 0 Å². The van der Waals surface area contributed by atoms with Crippen LogP contribution in [0, 0.1) is 6.92 Å². The fraction of sp³-hybridized carbons (Fsp3) is 0.438. The molecule has 0 bridgehead atoms. The quantitative estimate of drug-likeness (QED) is 0.812. The number of hydrogen-bond acceptors (Lipinski definition) is 2. The number of fused-ring (bicyclic) bond motifs is 1. The molecule has 1 unspecified atom stereocenters. The average molecular weight is 308 g/mol. The molecule has 1 aliphatic rings. The molecule has 5 heteroatoms. The van der Waals surface area contributed by atoms with Gasteiger partial charge in [-0.15, -0.1) is 12.4 Å². The van der Waals surface area contributed by atoms with Gasteiger partial charge in [-0.3, -0.25) is 4.79 Å². The summed E-state index contributed by atoms with van der Waals surface area (Å²) in [7, 11) is 0. The molecule has 2 heterocycles. The van der Waals surface area contributed by atoms with Crippen LogP contribution in [0.3, 0.4) is 0 Å². The Bertz CT molecular complexity index is 617. The van der Waals surface area contributed by atoms with Crippen LogP contribution in [-0.4, -0.2) is 30.0 Å². The highest BCUT2D eigenvalue weighted by Gasteiger charge is 2.21. The van der Waals surface area contributed by atoms with Crippen molar-refractivity contribution in [1.82, 2.24) is 15.6 Å². The van der Waals surface area contributed by atoms with Gasteiger partial charge in [0.05, 0.1) is 6.04 Å². The van der Waals surface area contributed by atoms with E-state index in [9.17, 15) is 4.79 Å². The molecule has 1 fully saturated rings. The van der Waals surface area contributed by atoms with Crippen molar-refractivity contribution in [1.29, 1.82) is 0 Å². The molecule has 1 aromatic carbocycles. The Morgan fingerprint density at radius 2 is 2.19 bits per heavy atom. The molecular weight excluding hydrogens is 286 g/mol. The van der Waals surface area contributed by atoms with Crippen LogP contribution in [0.5, 0.6) is 0 Å². The number of aromatic amines is 1. The molecule has 114 valence electrons. The maximum atomic E-state index is 11.9. The van der Waals surface area contributed by atoms with E-state index in [2.05, 4.69) is 40.7 Å². The minimum absolute atomic E-state index is 0. The Morgan fingerprint density at radius 1 is 1.38 bits per heavy atom. The molecule has 0 spiro atoms. The highest BCUT2D eigenvalue weighted by molar-refractivity contribution is 5.85. The van der Waals surface area contributed by atoms with E-state index in [1.807, 2.05) is 6.07 Å². The molecule has 3 rings (SSSR count). The maximum Gasteiger partial charge on any atom is 0.237 e. The molecule has 4 nitrogen and oxygen atoms in total. The van der Waals surface area contributed by atoms with Crippen molar-refractivity contribution in [3.8, 4) is 0 Å². The number of H-pyrrole nitrogens is 1. The number of para-hydroxylation sites is 1. The van der Waals surface area contributed by atoms with Crippen LogP contribution in [0.1, 0.15) is 24.1 Å². The zero-order chi connectivity index (χ0) is 13.9. The van der Waals surface area contributed by atoms with Crippen LogP contribution >= 0.6 is 12.4 Å². The number of halogens is 1. The number of carbonyl (C=O) groups is 1. The monoisotopic (exact) mass is 307 g/mol. The van der Waals surface area contributed by atoms with Crippen molar-refractivity contribution in [2.75, 3.05) is 13.1 Å². The fourth-order valence-corrected chi connectivity index (χ4v) is 3.00. The van der Waals surface area contributed by atoms with Gasteiger partial charge in [0, 0.05) is 23.1 Å². The van der Waals surface area contributed by atoms with Gasteiger partial charge in [-0.1, -0.05) is 18.2 Å². The largest absolute Gasteiger partial charge is 0.358 e. The molecule has 21 heavy (non-hydrogen) atoms. The number of nitrogens with one attached hydrogen (secondary N) is 3. The summed E-state index contributed by atoms with van der Waals surface area (Å²) in [6.45, 7) is 3.75. The maximum absolute atomic E-state index is 11.9. The molecule has 1 aliphatic heterocycles. The molecule has 0 aliphatic carbocycles. The van der Waals surface area contributed by atoms with Crippen molar-refractivity contribution >= 4 is 29.2 Å². The van der Waals surface area contributed by atoms with Crippen LogP contribution in [0.4, 0.5) is 0 Å². The van der Waals surface area contributed by atoms with E-state index in [1.165, 1.54) is 22.2 Å². The summed E-state index contributed by atoms with van der Waals surface area (Å²) in [5, 5.41) is 7.52. The Labute approximate surface area is 131 Å². The molecule has 2 aromatic rings. The summed E-state index contributed by atoms with van der Waals surface area (Å²) >= 11 is 0. The summed E-state index contributed by atoms with van der Waals surface area (Å²) in [4.78, 5) is 15.3. The number of rotatable bonds is 4. The number of carbonyl (C=O) groups excluding carboxylic acids is 1. The third kappa shape index (κ3) is 3.39. The van der Waals surface area contributed by atoms with Gasteiger partial charge in [0.2, 0.25) is 5.91 Å². The van der Waals surface area contributed by atoms with Crippen LogP contribution in [0.25, 0.3) is 10.9 Å². The minimum Gasteiger partial charge on any atom is -0.358 e. The Hall–Kier alpha value is -1.52. The van der Waals surface area contributed by atoms with E-state index in [-0.39, 0.29) is 24.4 Å². The van der Waals surface area contributed by atoms with Gasteiger partial charge < -0.3 is 15.6 Å². The van der Waals surface area contributed by atoms with E-state index < -0.39 is 0 Å². The number of aromatic nitrogens is 1. The van der Waals surface area contributed by atoms with E-state index >= 15 is 0 Å². The lowest BCUT2D eigenvalue weighted by Gasteiger charge is -2.11. The van der Waals surface area contributed by atoms with Crippen molar-refractivity contribution in [3.05, 3.63) is 35.5 Å². The molecule has 1 saturated heterocycles. The fourth-order valence-electron chi connectivity index (χ4n) is 3.00. The lowest BCUT2D eigenvalue weighted by molar-refractivity contribution is -0.122. The third-order valence-electron chi connectivity index (χ3n) is 4.08. The number of benzene rings is 1. The summed E-state index contributed by atoms with van der Waals surface area (Å²) in [5.41, 5.74) is 3.67. The van der Waals surface area contributed by atoms with Gasteiger partial charge in [-0.05, 0) is 44.4 Å². The highest BCUT2D eigenvalue weighted by atomic mass is 35.5. The first-order chi connectivity index (χ1) is 9.75. The Kier molecular flexibility index (Phi) is 5.26. The first-order valence-corrected chi connectivity index (χ1v) is 7.33. The lowest BCUT2D eigenvalue weighted by atomic mass is 10.1. The molecular formula is C16H22ClN3O. The van der Waals surface area contributed by atoms with Gasteiger partial charge in [0.25, 0.3) is 0 Å². The second kappa shape index (κ2) is 6.96. The van der Waals surface area contributed by atoms with Gasteiger partial charge in [-0.2, -0.15) is 0 Å².